The van der Waals surface area contributed by atoms with Crippen molar-refractivity contribution in [1.29, 1.82) is 0 Å². The van der Waals surface area contributed by atoms with Gasteiger partial charge in [-0.05, 0) is 35.4 Å². The predicted octanol–water partition coefficient (Wildman–Crippen LogP) is 4.25. The maximum absolute atomic E-state index is 13.9. The third kappa shape index (κ3) is 6.96. The van der Waals surface area contributed by atoms with Crippen LogP contribution in [0, 0.1) is 0 Å². The Morgan fingerprint density at radius 1 is 0.902 bits per heavy atom. The molecule has 0 spiro atoms. The SMILES string of the molecule is CC(=O)N(Cc1ccccc1Cl)C(=O)C(Cc1c[nH]c2ccccc12)NC(=O)CN1CCN(c2ccccc2)CC1. The van der Waals surface area contributed by atoms with Crippen molar-refractivity contribution >= 4 is 45.9 Å². The molecule has 1 saturated heterocycles. The number of hydrogen-bond acceptors (Lipinski definition) is 5. The van der Waals surface area contributed by atoms with Gasteiger partial charge in [-0.3, -0.25) is 24.2 Å². The van der Waals surface area contributed by atoms with Crippen LogP contribution in [0.5, 0.6) is 0 Å². The third-order valence-corrected chi connectivity index (χ3v) is 7.89. The number of hydrogen-bond donors (Lipinski definition) is 2. The maximum atomic E-state index is 13.9. The zero-order chi connectivity index (χ0) is 28.8. The monoisotopic (exact) mass is 571 g/mol. The molecule has 8 nitrogen and oxygen atoms in total. The van der Waals surface area contributed by atoms with Crippen molar-refractivity contribution in [3.8, 4) is 0 Å². The molecule has 1 aliphatic heterocycles. The van der Waals surface area contributed by atoms with Crippen LogP contribution in [0.1, 0.15) is 18.1 Å². The minimum atomic E-state index is -0.932. The van der Waals surface area contributed by atoms with Crippen LogP contribution >= 0.6 is 11.6 Å². The number of anilines is 1. The molecule has 0 bridgehead atoms. The van der Waals surface area contributed by atoms with Gasteiger partial charge < -0.3 is 15.2 Å². The second-order valence-corrected chi connectivity index (χ2v) is 10.7. The van der Waals surface area contributed by atoms with Gasteiger partial charge >= 0.3 is 0 Å². The smallest absolute Gasteiger partial charge is 0.252 e. The number of H-pyrrole nitrogens is 1. The highest BCUT2D eigenvalue weighted by Gasteiger charge is 2.31. The number of aromatic amines is 1. The number of benzene rings is 3. The number of rotatable bonds is 9. The first-order chi connectivity index (χ1) is 19.9. The normalized spacial score (nSPS) is 14.5. The van der Waals surface area contributed by atoms with Crippen LogP contribution < -0.4 is 10.2 Å². The van der Waals surface area contributed by atoms with Gasteiger partial charge in [0.1, 0.15) is 6.04 Å². The molecule has 1 aliphatic rings. The van der Waals surface area contributed by atoms with Gasteiger partial charge in [-0.1, -0.05) is 66.2 Å². The van der Waals surface area contributed by atoms with Crippen LogP contribution in [0.3, 0.4) is 0 Å². The van der Waals surface area contributed by atoms with E-state index < -0.39 is 17.9 Å². The average Bonchev–Trinajstić information content (AvgIpc) is 3.39. The Morgan fingerprint density at radius 3 is 2.32 bits per heavy atom. The van der Waals surface area contributed by atoms with Gasteiger partial charge in [-0.25, -0.2) is 0 Å². The van der Waals surface area contributed by atoms with Crippen molar-refractivity contribution in [2.24, 2.45) is 0 Å². The number of nitrogens with zero attached hydrogens (tertiary/aromatic N) is 3. The van der Waals surface area contributed by atoms with Gasteiger partial charge in [-0.2, -0.15) is 0 Å². The number of halogens is 1. The summed E-state index contributed by atoms with van der Waals surface area (Å²) in [6, 6.07) is 24.2. The minimum Gasteiger partial charge on any atom is -0.369 e. The zero-order valence-electron chi connectivity index (χ0n) is 23.1. The third-order valence-electron chi connectivity index (χ3n) is 7.53. The lowest BCUT2D eigenvalue weighted by molar-refractivity contribution is -0.147. The Morgan fingerprint density at radius 2 is 1.59 bits per heavy atom. The molecule has 4 aromatic rings. The van der Waals surface area contributed by atoms with Gasteiger partial charge in [0.25, 0.3) is 5.91 Å². The Hall–Kier alpha value is -4.14. The molecule has 1 unspecified atom stereocenters. The van der Waals surface area contributed by atoms with Crippen LogP contribution in [0.2, 0.25) is 5.02 Å². The molecule has 5 rings (SSSR count). The predicted molar refractivity (Wildman–Crippen MR) is 162 cm³/mol. The Bertz CT molecular complexity index is 1510. The Labute approximate surface area is 244 Å². The molecule has 0 aliphatic carbocycles. The lowest BCUT2D eigenvalue weighted by Crippen LogP contribution is -2.54. The van der Waals surface area contributed by atoms with E-state index >= 15 is 0 Å². The Balaban J connectivity index is 1.31. The first kappa shape index (κ1) is 28.4. The van der Waals surface area contributed by atoms with Crippen LogP contribution in [-0.4, -0.2) is 71.3 Å². The molecule has 1 aromatic heterocycles. The molecule has 2 N–H and O–H groups in total. The van der Waals surface area contributed by atoms with Gasteiger partial charge in [-0.15, -0.1) is 0 Å². The van der Waals surface area contributed by atoms with Gasteiger partial charge in [0.05, 0.1) is 13.1 Å². The Kier molecular flexibility index (Phi) is 9.01. The molecule has 3 amide bonds. The highest BCUT2D eigenvalue weighted by atomic mass is 35.5. The zero-order valence-corrected chi connectivity index (χ0v) is 23.8. The number of imide groups is 1. The summed E-state index contributed by atoms with van der Waals surface area (Å²) in [6.45, 7) is 4.63. The molecular formula is C32H34ClN5O3. The fraction of sp³-hybridized carbons (Fsp3) is 0.281. The van der Waals surface area contributed by atoms with Crippen molar-refractivity contribution in [2.45, 2.75) is 25.9 Å². The number of para-hydroxylation sites is 2. The van der Waals surface area contributed by atoms with E-state index in [1.807, 2.05) is 54.7 Å². The van der Waals surface area contributed by atoms with Crippen molar-refractivity contribution in [2.75, 3.05) is 37.6 Å². The lowest BCUT2D eigenvalue weighted by Gasteiger charge is -2.36. The quantitative estimate of drug-likeness (QED) is 0.314. The summed E-state index contributed by atoms with van der Waals surface area (Å²) in [5.74, 6) is -1.13. The van der Waals surface area contributed by atoms with Gasteiger partial charge in [0, 0.05) is 67.3 Å². The largest absolute Gasteiger partial charge is 0.369 e. The van der Waals surface area contributed by atoms with Crippen LogP contribution in [0.25, 0.3) is 10.9 Å². The number of nitrogens with one attached hydrogen (secondary N) is 2. The summed E-state index contributed by atoms with van der Waals surface area (Å²) in [7, 11) is 0. The minimum absolute atomic E-state index is 0.0234. The van der Waals surface area contributed by atoms with E-state index in [9.17, 15) is 14.4 Å². The molecule has 0 radical (unpaired) electrons. The topological polar surface area (TPSA) is 88.8 Å². The summed E-state index contributed by atoms with van der Waals surface area (Å²) >= 11 is 6.35. The van der Waals surface area contributed by atoms with Crippen LogP contribution in [0.4, 0.5) is 5.69 Å². The van der Waals surface area contributed by atoms with E-state index in [-0.39, 0.29) is 25.4 Å². The van der Waals surface area contributed by atoms with E-state index in [2.05, 4.69) is 32.2 Å². The molecular weight excluding hydrogens is 538 g/mol. The van der Waals surface area contributed by atoms with E-state index in [0.717, 1.165) is 42.6 Å². The molecule has 1 atom stereocenters. The first-order valence-electron chi connectivity index (χ1n) is 13.8. The molecule has 0 saturated carbocycles. The highest BCUT2D eigenvalue weighted by molar-refractivity contribution is 6.31. The number of fused-ring (bicyclic) bond motifs is 1. The average molecular weight is 572 g/mol. The fourth-order valence-electron chi connectivity index (χ4n) is 5.30. The number of piperazine rings is 1. The van der Waals surface area contributed by atoms with E-state index in [4.69, 9.17) is 11.6 Å². The summed E-state index contributed by atoms with van der Waals surface area (Å²) in [5.41, 5.74) is 3.66. The van der Waals surface area contributed by atoms with Crippen molar-refractivity contribution in [3.63, 3.8) is 0 Å². The molecule has 212 valence electrons. The summed E-state index contributed by atoms with van der Waals surface area (Å²) in [5, 5.41) is 4.40. The van der Waals surface area contributed by atoms with E-state index in [1.54, 1.807) is 18.2 Å². The van der Waals surface area contributed by atoms with Crippen LogP contribution in [-0.2, 0) is 27.3 Å². The number of carbonyl (C=O) groups is 3. The van der Waals surface area contributed by atoms with Crippen molar-refractivity contribution in [1.82, 2.24) is 20.1 Å². The number of amides is 3. The summed E-state index contributed by atoms with van der Waals surface area (Å²) in [6.07, 6.45) is 2.09. The molecule has 3 aromatic carbocycles. The number of carbonyl (C=O) groups excluding carboxylic acids is 3. The first-order valence-corrected chi connectivity index (χ1v) is 14.2. The summed E-state index contributed by atoms with van der Waals surface area (Å²) in [4.78, 5) is 48.7. The summed E-state index contributed by atoms with van der Waals surface area (Å²) < 4.78 is 0. The molecule has 9 heteroatoms. The standard InChI is InChI=1S/C32H34ClN5O3/c1-23(39)38(21-24-9-5-7-13-28(24)33)32(41)30(19-25-20-34-29-14-8-6-12-27(25)29)35-31(40)22-36-15-17-37(18-16-36)26-10-3-2-4-11-26/h2-14,20,30,34H,15-19,21-22H2,1H3,(H,35,40). The van der Waals surface area contributed by atoms with Crippen LogP contribution in [0.15, 0.2) is 85.1 Å². The second kappa shape index (κ2) is 13.0. The van der Waals surface area contributed by atoms with E-state index in [0.29, 0.717) is 10.6 Å². The molecule has 41 heavy (non-hydrogen) atoms. The van der Waals surface area contributed by atoms with Gasteiger partial charge in [0.2, 0.25) is 11.8 Å². The van der Waals surface area contributed by atoms with Crippen molar-refractivity contribution in [3.05, 3.63) is 101 Å². The van der Waals surface area contributed by atoms with Crippen molar-refractivity contribution < 1.29 is 14.4 Å². The number of aromatic nitrogens is 1. The van der Waals surface area contributed by atoms with E-state index in [1.165, 1.54) is 17.5 Å². The molecule has 2 heterocycles. The molecule has 1 fully saturated rings. The fourth-order valence-corrected chi connectivity index (χ4v) is 5.49. The highest BCUT2D eigenvalue weighted by Crippen LogP contribution is 2.22. The van der Waals surface area contributed by atoms with Gasteiger partial charge in [0.15, 0.2) is 0 Å². The second-order valence-electron chi connectivity index (χ2n) is 10.3. The lowest BCUT2D eigenvalue weighted by atomic mass is 10.0. The maximum Gasteiger partial charge on any atom is 0.252 e.